The molecule has 2 aromatic rings. The summed E-state index contributed by atoms with van der Waals surface area (Å²) >= 11 is 11.9. The molecule has 2 heterocycles. The fourth-order valence-electron chi connectivity index (χ4n) is 3.42. The monoisotopic (exact) mass is 469 g/mol. The van der Waals surface area contributed by atoms with E-state index in [1.54, 1.807) is 30.1 Å². The van der Waals surface area contributed by atoms with E-state index in [2.05, 4.69) is 0 Å². The quantitative estimate of drug-likeness (QED) is 0.649. The lowest BCUT2D eigenvalue weighted by Crippen LogP contribution is -2.40. The van der Waals surface area contributed by atoms with Crippen molar-refractivity contribution in [2.45, 2.75) is 25.9 Å². The molecule has 0 radical (unpaired) electrons. The lowest BCUT2D eigenvalue weighted by Gasteiger charge is -2.26. The van der Waals surface area contributed by atoms with E-state index < -0.39 is 17.5 Å². The Labute approximate surface area is 190 Å². The second-order valence-electron chi connectivity index (χ2n) is 7.41. The van der Waals surface area contributed by atoms with Gasteiger partial charge in [-0.25, -0.2) is 0 Å². The average molecular weight is 470 g/mol. The molecular weight excluding hydrogens is 445 g/mol. The van der Waals surface area contributed by atoms with Crippen LogP contribution < -0.4 is 0 Å². The van der Waals surface area contributed by atoms with E-state index in [1.165, 1.54) is 15.7 Å². The highest BCUT2D eigenvalue weighted by Crippen LogP contribution is 2.32. The first kappa shape index (κ1) is 23.2. The molecule has 0 bridgehead atoms. The number of aromatic hydroxyl groups is 2. The standard InChI is InChI=1S/C21H25Cl2N3O5/c1-24(12-14-4-5-16(22)17(23)11-14)20(29)15-13-26(21(30)19(15)28)6-2-3-18(27)25-7-9-31-10-8-25/h4-5,11,13,28,30H,2-3,6-10,12H2,1H3. The first-order valence-electron chi connectivity index (χ1n) is 9.94. The Morgan fingerprint density at radius 3 is 2.55 bits per heavy atom. The predicted molar refractivity (Wildman–Crippen MR) is 117 cm³/mol. The van der Waals surface area contributed by atoms with Gasteiger partial charge in [0.25, 0.3) is 5.91 Å². The Bertz CT molecular complexity index is 957. The van der Waals surface area contributed by atoms with Gasteiger partial charge in [0.1, 0.15) is 5.56 Å². The summed E-state index contributed by atoms with van der Waals surface area (Å²) in [5.74, 6) is -1.31. The molecule has 168 valence electrons. The molecule has 8 nitrogen and oxygen atoms in total. The summed E-state index contributed by atoms with van der Waals surface area (Å²) in [5.41, 5.74) is 0.759. The zero-order valence-electron chi connectivity index (χ0n) is 17.2. The smallest absolute Gasteiger partial charge is 0.259 e. The maximum absolute atomic E-state index is 12.8. The lowest BCUT2D eigenvalue weighted by molar-refractivity contribution is -0.135. The van der Waals surface area contributed by atoms with Crippen LogP contribution in [0.4, 0.5) is 0 Å². The van der Waals surface area contributed by atoms with Crippen molar-refractivity contribution >= 4 is 35.0 Å². The largest absolute Gasteiger partial charge is 0.503 e. The van der Waals surface area contributed by atoms with E-state index in [9.17, 15) is 19.8 Å². The summed E-state index contributed by atoms with van der Waals surface area (Å²) in [5, 5.41) is 21.3. The Hall–Kier alpha value is -2.42. The van der Waals surface area contributed by atoms with Crippen molar-refractivity contribution in [3.05, 3.63) is 45.6 Å². The van der Waals surface area contributed by atoms with Gasteiger partial charge in [-0.1, -0.05) is 29.3 Å². The normalized spacial score (nSPS) is 14.0. The van der Waals surface area contributed by atoms with Gasteiger partial charge in [-0.2, -0.15) is 0 Å². The zero-order valence-corrected chi connectivity index (χ0v) is 18.7. The first-order valence-corrected chi connectivity index (χ1v) is 10.7. The van der Waals surface area contributed by atoms with Crippen LogP contribution in [0.1, 0.15) is 28.8 Å². The molecule has 1 saturated heterocycles. The summed E-state index contributed by atoms with van der Waals surface area (Å²) in [6.07, 6.45) is 2.17. The number of carbonyl (C=O) groups excluding carboxylic acids is 2. The number of aromatic nitrogens is 1. The number of benzene rings is 1. The Kier molecular flexibility index (Phi) is 7.69. The molecule has 0 atom stereocenters. The van der Waals surface area contributed by atoms with Gasteiger partial charge in [-0.05, 0) is 24.1 Å². The van der Waals surface area contributed by atoms with Crippen LogP contribution in [0.25, 0.3) is 0 Å². The van der Waals surface area contributed by atoms with Crippen LogP contribution in [0.15, 0.2) is 24.4 Å². The van der Waals surface area contributed by atoms with E-state index in [4.69, 9.17) is 27.9 Å². The first-order chi connectivity index (χ1) is 14.8. The van der Waals surface area contributed by atoms with Gasteiger partial charge in [0.05, 0.1) is 23.3 Å². The molecule has 1 aliphatic heterocycles. The fourth-order valence-corrected chi connectivity index (χ4v) is 3.74. The van der Waals surface area contributed by atoms with Crippen LogP contribution >= 0.6 is 23.2 Å². The minimum absolute atomic E-state index is 0.0143. The minimum Gasteiger partial charge on any atom is -0.503 e. The molecule has 0 unspecified atom stereocenters. The van der Waals surface area contributed by atoms with Crippen molar-refractivity contribution in [2.24, 2.45) is 0 Å². The van der Waals surface area contributed by atoms with Crippen LogP contribution in [0, 0.1) is 0 Å². The second kappa shape index (κ2) is 10.3. The van der Waals surface area contributed by atoms with Crippen LogP contribution in [0.2, 0.25) is 10.0 Å². The third-order valence-electron chi connectivity index (χ3n) is 5.16. The van der Waals surface area contributed by atoms with Crippen molar-refractivity contribution in [1.82, 2.24) is 14.4 Å². The highest BCUT2D eigenvalue weighted by atomic mass is 35.5. The molecule has 1 aromatic carbocycles. The topological polar surface area (TPSA) is 95.2 Å². The van der Waals surface area contributed by atoms with Gasteiger partial charge in [-0.3, -0.25) is 9.59 Å². The second-order valence-corrected chi connectivity index (χ2v) is 8.23. The lowest BCUT2D eigenvalue weighted by atomic mass is 10.2. The number of morpholine rings is 1. The van der Waals surface area contributed by atoms with Gasteiger partial charge in [0.2, 0.25) is 11.8 Å². The molecule has 0 spiro atoms. The summed E-state index contributed by atoms with van der Waals surface area (Å²) in [6.45, 7) is 2.78. The van der Waals surface area contributed by atoms with E-state index >= 15 is 0 Å². The molecule has 0 saturated carbocycles. The minimum atomic E-state index is -0.481. The average Bonchev–Trinajstić information content (AvgIpc) is 3.05. The molecule has 31 heavy (non-hydrogen) atoms. The fraction of sp³-hybridized carbons (Fsp3) is 0.429. The van der Waals surface area contributed by atoms with Crippen molar-refractivity contribution in [3.63, 3.8) is 0 Å². The summed E-state index contributed by atoms with van der Waals surface area (Å²) in [4.78, 5) is 28.2. The van der Waals surface area contributed by atoms with Crippen LogP contribution in [0.5, 0.6) is 11.6 Å². The third-order valence-corrected chi connectivity index (χ3v) is 5.90. The predicted octanol–water partition coefficient (Wildman–Crippen LogP) is 3.12. The van der Waals surface area contributed by atoms with Crippen molar-refractivity contribution in [2.75, 3.05) is 33.4 Å². The number of nitrogens with zero attached hydrogens (tertiary/aromatic N) is 3. The number of aryl methyl sites for hydroxylation is 1. The highest BCUT2D eigenvalue weighted by Gasteiger charge is 2.23. The molecule has 0 aliphatic carbocycles. The highest BCUT2D eigenvalue weighted by molar-refractivity contribution is 6.42. The summed E-state index contributed by atoms with van der Waals surface area (Å²) in [6, 6.07) is 5.07. The summed E-state index contributed by atoms with van der Waals surface area (Å²) < 4.78 is 6.62. The maximum Gasteiger partial charge on any atom is 0.259 e. The Morgan fingerprint density at radius 2 is 1.87 bits per heavy atom. The Morgan fingerprint density at radius 1 is 1.16 bits per heavy atom. The number of halogens is 2. The molecular formula is C21H25Cl2N3O5. The van der Waals surface area contributed by atoms with Gasteiger partial charge >= 0.3 is 0 Å². The van der Waals surface area contributed by atoms with Gasteiger partial charge < -0.3 is 29.3 Å². The van der Waals surface area contributed by atoms with Crippen LogP contribution in [-0.4, -0.2) is 69.7 Å². The zero-order chi connectivity index (χ0) is 22.5. The molecule has 2 amide bonds. The van der Waals surface area contributed by atoms with E-state index in [1.807, 2.05) is 0 Å². The third kappa shape index (κ3) is 5.64. The number of hydrogen-bond acceptors (Lipinski definition) is 5. The Balaban J connectivity index is 1.60. The van der Waals surface area contributed by atoms with Crippen LogP contribution in [-0.2, 0) is 22.6 Å². The van der Waals surface area contributed by atoms with Crippen molar-refractivity contribution in [3.8, 4) is 11.6 Å². The number of carbonyl (C=O) groups is 2. The number of hydrogen-bond donors (Lipinski definition) is 2. The molecule has 1 aliphatic rings. The van der Waals surface area contributed by atoms with E-state index in [0.717, 1.165) is 5.56 Å². The van der Waals surface area contributed by atoms with Gasteiger partial charge in [0.15, 0.2) is 5.75 Å². The van der Waals surface area contributed by atoms with E-state index in [-0.39, 0.29) is 18.0 Å². The SMILES string of the molecule is CN(Cc1ccc(Cl)c(Cl)c1)C(=O)c1cn(CCCC(=O)N2CCOCC2)c(O)c1O. The van der Waals surface area contributed by atoms with E-state index in [0.29, 0.717) is 55.7 Å². The maximum atomic E-state index is 12.8. The molecule has 3 rings (SSSR count). The summed E-state index contributed by atoms with van der Waals surface area (Å²) in [7, 11) is 1.58. The molecule has 1 aromatic heterocycles. The number of amides is 2. The number of ether oxygens (including phenoxy) is 1. The van der Waals surface area contributed by atoms with Gasteiger partial charge in [0, 0.05) is 45.8 Å². The number of rotatable bonds is 7. The van der Waals surface area contributed by atoms with Crippen molar-refractivity contribution in [1.29, 1.82) is 0 Å². The molecule has 1 fully saturated rings. The van der Waals surface area contributed by atoms with Crippen LogP contribution in [0.3, 0.4) is 0 Å². The van der Waals surface area contributed by atoms with Gasteiger partial charge in [-0.15, -0.1) is 0 Å². The van der Waals surface area contributed by atoms with Crippen molar-refractivity contribution < 1.29 is 24.5 Å². The molecule has 10 heteroatoms. The molecule has 2 N–H and O–H groups in total.